The van der Waals surface area contributed by atoms with Crippen molar-refractivity contribution in [2.75, 3.05) is 6.54 Å². The van der Waals surface area contributed by atoms with Crippen LogP contribution in [0.15, 0.2) is 0 Å². The van der Waals surface area contributed by atoms with Crippen LogP contribution in [0.1, 0.15) is 39.0 Å². The number of hydrogen-bond acceptors (Lipinski definition) is 2. The number of nitrogens with zero attached hydrogens (tertiary/aromatic N) is 1. The van der Waals surface area contributed by atoms with Gasteiger partial charge in [0.2, 0.25) is 11.8 Å². The molecule has 2 amide bonds. The van der Waals surface area contributed by atoms with Crippen molar-refractivity contribution in [3.63, 3.8) is 0 Å². The van der Waals surface area contributed by atoms with E-state index in [1.807, 2.05) is 0 Å². The third-order valence-electron chi connectivity index (χ3n) is 3.83. The lowest BCUT2D eigenvalue weighted by atomic mass is 10.1. The number of amides is 2. The maximum atomic E-state index is 12.4. The number of rotatable bonds is 4. The molecule has 0 aromatic rings. The van der Waals surface area contributed by atoms with E-state index in [4.69, 9.17) is 0 Å². The molecule has 20 heavy (non-hydrogen) atoms. The molecule has 1 saturated carbocycles. The Balaban J connectivity index is 1.99. The fraction of sp³-hybridized carbons (Fsp3) is 0.846. The number of alkyl halides is 3. The first-order chi connectivity index (χ1) is 9.28. The molecule has 0 aromatic heterocycles. The minimum atomic E-state index is -4.21. The molecular formula is C13H19F3N2O2. The van der Waals surface area contributed by atoms with Crippen LogP contribution in [0, 0.1) is 5.92 Å². The Morgan fingerprint density at radius 2 is 1.95 bits per heavy atom. The summed E-state index contributed by atoms with van der Waals surface area (Å²) in [4.78, 5) is 25.5. The van der Waals surface area contributed by atoms with Crippen molar-refractivity contribution in [3.05, 3.63) is 0 Å². The van der Waals surface area contributed by atoms with Crippen molar-refractivity contribution in [2.24, 2.45) is 5.92 Å². The van der Waals surface area contributed by atoms with Crippen LogP contribution in [-0.2, 0) is 9.59 Å². The number of nitrogens with one attached hydrogen (secondary N) is 1. The molecule has 0 radical (unpaired) electrons. The summed E-state index contributed by atoms with van der Waals surface area (Å²) in [5, 5.41) is 2.71. The van der Waals surface area contributed by atoms with Crippen LogP contribution < -0.4 is 5.32 Å². The molecule has 2 fully saturated rings. The van der Waals surface area contributed by atoms with Gasteiger partial charge in [0.25, 0.3) is 0 Å². The van der Waals surface area contributed by atoms with Gasteiger partial charge in [-0.2, -0.15) is 13.2 Å². The lowest BCUT2D eigenvalue weighted by molar-refractivity contribution is -0.142. The summed E-state index contributed by atoms with van der Waals surface area (Å²) < 4.78 is 36.6. The van der Waals surface area contributed by atoms with Crippen molar-refractivity contribution in [2.45, 2.75) is 57.3 Å². The van der Waals surface area contributed by atoms with E-state index in [0.29, 0.717) is 0 Å². The Bertz CT molecular complexity index is 394. The van der Waals surface area contributed by atoms with Gasteiger partial charge >= 0.3 is 6.18 Å². The molecule has 0 aromatic carbocycles. The lowest BCUT2D eigenvalue weighted by Gasteiger charge is -2.29. The zero-order chi connectivity index (χ0) is 14.9. The minimum absolute atomic E-state index is 0.0533. The van der Waals surface area contributed by atoms with E-state index in [1.54, 1.807) is 6.92 Å². The maximum absolute atomic E-state index is 12.4. The average Bonchev–Trinajstić information content (AvgIpc) is 3.12. The van der Waals surface area contributed by atoms with Gasteiger partial charge in [0.1, 0.15) is 6.04 Å². The van der Waals surface area contributed by atoms with Gasteiger partial charge in [-0.3, -0.25) is 9.59 Å². The van der Waals surface area contributed by atoms with E-state index >= 15 is 0 Å². The molecule has 1 aliphatic carbocycles. The smallest absolute Gasteiger partial charge is 0.344 e. The largest absolute Gasteiger partial charge is 0.389 e. The molecule has 4 nitrogen and oxygen atoms in total. The standard InChI is InChI=1S/C13H19F3N2O2/c1-8-7-10(19)17-11(9-3-4-9)12(20)18(8)6-2-5-13(14,15)16/h8-9,11H,2-7H2,1H3,(H,17,19). The van der Waals surface area contributed by atoms with Crippen LogP contribution >= 0.6 is 0 Å². The Labute approximate surface area is 115 Å². The van der Waals surface area contributed by atoms with E-state index in [0.717, 1.165) is 12.8 Å². The second kappa shape index (κ2) is 5.61. The molecule has 114 valence electrons. The summed E-state index contributed by atoms with van der Waals surface area (Å²) in [6, 6.07) is -0.891. The molecule has 1 N–H and O–H groups in total. The molecule has 2 aliphatic rings. The normalized spacial score (nSPS) is 28.3. The van der Waals surface area contributed by atoms with Gasteiger partial charge in [0, 0.05) is 25.4 Å². The molecule has 1 heterocycles. The van der Waals surface area contributed by atoms with Gasteiger partial charge in [-0.15, -0.1) is 0 Å². The fourth-order valence-electron chi connectivity index (χ4n) is 2.60. The van der Waals surface area contributed by atoms with Crippen molar-refractivity contribution < 1.29 is 22.8 Å². The average molecular weight is 292 g/mol. The quantitative estimate of drug-likeness (QED) is 0.859. The van der Waals surface area contributed by atoms with Gasteiger partial charge in [0.05, 0.1) is 0 Å². The topological polar surface area (TPSA) is 49.4 Å². The number of carbonyl (C=O) groups excluding carboxylic acids is 2. The molecular weight excluding hydrogens is 273 g/mol. The highest BCUT2D eigenvalue weighted by Crippen LogP contribution is 2.35. The third-order valence-corrected chi connectivity index (χ3v) is 3.83. The summed E-state index contributed by atoms with van der Waals surface area (Å²) >= 11 is 0. The van der Waals surface area contributed by atoms with Crippen molar-refractivity contribution >= 4 is 11.8 Å². The highest BCUT2D eigenvalue weighted by molar-refractivity contribution is 5.91. The molecule has 1 aliphatic heterocycles. The first kappa shape index (κ1) is 15.1. The van der Waals surface area contributed by atoms with Gasteiger partial charge in [-0.1, -0.05) is 0 Å². The fourth-order valence-corrected chi connectivity index (χ4v) is 2.60. The highest BCUT2D eigenvalue weighted by Gasteiger charge is 2.42. The van der Waals surface area contributed by atoms with Gasteiger partial charge in [-0.25, -0.2) is 0 Å². The summed E-state index contributed by atoms with van der Waals surface area (Å²) in [5.74, 6) is -0.268. The van der Waals surface area contributed by atoms with Crippen LogP contribution in [0.2, 0.25) is 0 Å². The molecule has 2 rings (SSSR count). The summed E-state index contributed by atoms with van der Waals surface area (Å²) in [5.41, 5.74) is 0. The second-order valence-corrected chi connectivity index (χ2v) is 5.69. The molecule has 0 spiro atoms. The number of hydrogen-bond donors (Lipinski definition) is 1. The molecule has 0 bridgehead atoms. The predicted octanol–water partition coefficient (Wildman–Crippen LogP) is 1.84. The van der Waals surface area contributed by atoms with Gasteiger partial charge < -0.3 is 10.2 Å². The lowest BCUT2D eigenvalue weighted by Crippen LogP contribution is -2.48. The Hall–Kier alpha value is -1.27. The van der Waals surface area contributed by atoms with E-state index in [2.05, 4.69) is 5.32 Å². The van der Waals surface area contributed by atoms with E-state index in [1.165, 1.54) is 4.90 Å². The third kappa shape index (κ3) is 3.86. The van der Waals surface area contributed by atoms with Crippen molar-refractivity contribution in [3.8, 4) is 0 Å². The van der Waals surface area contributed by atoms with Crippen LogP contribution in [0.4, 0.5) is 13.2 Å². The van der Waals surface area contributed by atoms with E-state index in [9.17, 15) is 22.8 Å². The molecule has 2 unspecified atom stereocenters. The monoisotopic (exact) mass is 292 g/mol. The number of halogens is 3. The molecule has 7 heteroatoms. The summed E-state index contributed by atoms with van der Waals surface area (Å²) in [6.07, 6.45) is -3.30. The Morgan fingerprint density at radius 3 is 2.50 bits per heavy atom. The summed E-state index contributed by atoms with van der Waals surface area (Å²) in [7, 11) is 0. The zero-order valence-electron chi connectivity index (χ0n) is 11.4. The number of carbonyl (C=O) groups is 2. The maximum Gasteiger partial charge on any atom is 0.389 e. The van der Waals surface area contributed by atoms with Crippen molar-refractivity contribution in [1.82, 2.24) is 10.2 Å². The van der Waals surface area contributed by atoms with Crippen LogP contribution in [0.25, 0.3) is 0 Å². The first-order valence-electron chi connectivity index (χ1n) is 6.94. The Morgan fingerprint density at radius 1 is 1.30 bits per heavy atom. The predicted molar refractivity (Wildman–Crippen MR) is 65.7 cm³/mol. The van der Waals surface area contributed by atoms with Gasteiger partial charge in [0.15, 0.2) is 0 Å². The van der Waals surface area contributed by atoms with E-state index in [-0.39, 0.29) is 43.2 Å². The first-order valence-corrected chi connectivity index (χ1v) is 6.94. The Kier molecular flexibility index (Phi) is 4.25. The minimum Gasteiger partial charge on any atom is -0.344 e. The highest BCUT2D eigenvalue weighted by atomic mass is 19.4. The van der Waals surface area contributed by atoms with Crippen LogP contribution in [0.5, 0.6) is 0 Å². The SMILES string of the molecule is CC1CC(=O)NC(C2CC2)C(=O)N1CCCC(F)(F)F. The van der Waals surface area contributed by atoms with Crippen LogP contribution in [-0.4, -0.2) is 41.5 Å². The zero-order valence-corrected chi connectivity index (χ0v) is 11.4. The van der Waals surface area contributed by atoms with Crippen LogP contribution in [0.3, 0.4) is 0 Å². The van der Waals surface area contributed by atoms with E-state index < -0.39 is 18.6 Å². The van der Waals surface area contributed by atoms with Crippen molar-refractivity contribution in [1.29, 1.82) is 0 Å². The molecule has 2 atom stereocenters. The second-order valence-electron chi connectivity index (χ2n) is 5.69. The molecule has 1 saturated heterocycles. The summed E-state index contributed by atoms with van der Waals surface area (Å²) in [6.45, 7) is 1.76. The van der Waals surface area contributed by atoms with Gasteiger partial charge in [-0.05, 0) is 32.1 Å².